The molecule has 0 bridgehead atoms. The van der Waals surface area contributed by atoms with Gasteiger partial charge in [-0.15, -0.1) is 0 Å². The lowest BCUT2D eigenvalue weighted by molar-refractivity contribution is -0.117. The first-order valence-corrected chi connectivity index (χ1v) is 11.7. The first-order valence-electron chi connectivity index (χ1n) is 10.9. The van der Waals surface area contributed by atoms with Gasteiger partial charge in [0, 0.05) is 44.8 Å². The fourth-order valence-corrected chi connectivity index (χ4v) is 4.94. The Kier molecular flexibility index (Phi) is 6.89. The van der Waals surface area contributed by atoms with Crippen molar-refractivity contribution in [2.24, 2.45) is 0 Å². The second kappa shape index (κ2) is 9.81. The highest BCUT2D eigenvalue weighted by atomic mass is 35.5. The van der Waals surface area contributed by atoms with E-state index in [-0.39, 0.29) is 17.5 Å². The molecule has 1 aliphatic carbocycles. The lowest BCUT2D eigenvalue weighted by atomic mass is 9.95. The second-order valence-electron chi connectivity index (χ2n) is 8.32. The van der Waals surface area contributed by atoms with Crippen LogP contribution in [0.25, 0.3) is 17.0 Å². The normalized spacial score (nSPS) is 15.0. The molecule has 2 aromatic carbocycles. The number of carbonyl (C=O) groups excluding carboxylic acids is 1. The van der Waals surface area contributed by atoms with Gasteiger partial charge in [-0.25, -0.2) is 0 Å². The van der Waals surface area contributed by atoms with Crippen LogP contribution < -0.4 is 5.32 Å². The highest BCUT2D eigenvalue weighted by molar-refractivity contribution is 6.35. The maximum atomic E-state index is 12.8. The van der Waals surface area contributed by atoms with E-state index in [0.717, 1.165) is 53.4 Å². The molecule has 1 amide bonds. The molecular weight excluding hydrogens is 441 g/mol. The molecule has 0 radical (unpaired) electrons. The van der Waals surface area contributed by atoms with Gasteiger partial charge in [-0.2, -0.15) is 5.26 Å². The van der Waals surface area contributed by atoms with Gasteiger partial charge in [0.2, 0.25) is 0 Å². The minimum Gasteiger partial charge on any atom is -0.349 e. The maximum Gasteiger partial charge on any atom is 0.262 e. The van der Waals surface area contributed by atoms with Crippen molar-refractivity contribution >= 4 is 46.1 Å². The van der Waals surface area contributed by atoms with Gasteiger partial charge >= 0.3 is 0 Å². The number of amides is 1. The Hall–Kier alpha value is -2.74. The number of halogens is 2. The molecule has 6 heteroatoms. The van der Waals surface area contributed by atoms with Crippen LogP contribution in [-0.2, 0) is 11.3 Å². The quantitative estimate of drug-likeness (QED) is 0.338. The van der Waals surface area contributed by atoms with Crippen LogP contribution in [0, 0.1) is 18.3 Å². The van der Waals surface area contributed by atoms with Gasteiger partial charge in [-0.3, -0.25) is 4.79 Å². The van der Waals surface area contributed by atoms with Gasteiger partial charge in [0.25, 0.3) is 5.91 Å². The molecule has 3 aromatic rings. The number of benzene rings is 2. The molecule has 0 spiro atoms. The van der Waals surface area contributed by atoms with Crippen molar-refractivity contribution in [1.82, 2.24) is 9.88 Å². The number of hydrogen-bond acceptors (Lipinski definition) is 2. The third-order valence-electron chi connectivity index (χ3n) is 6.22. The third-order valence-corrected chi connectivity index (χ3v) is 6.80. The lowest BCUT2D eigenvalue weighted by Crippen LogP contribution is -2.36. The third kappa shape index (κ3) is 4.70. The van der Waals surface area contributed by atoms with Crippen molar-refractivity contribution in [3.8, 4) is 6.07 Å². The van der Waals surface area contributed by atoms with Gasteiger partial charge in [0.05, 0.1) is 0 Å². The van der Waals surface area contributed by atoms with Crippen molar-refractivity contribution in [3.05, 3.63) is 74.9 Å². The monoisotopic (exact) mass is 465 g/mol. The van der Waals surface area contributed by atoms with Crippen LogP contribution >= 0.6 is 23.2 Å². The number of para-hydroxylation sites is 1. The van der Waals surface area contributed by atoms with Gasteiger partial charge in [0.1, 0.15) is 11.6 Å². The molecule has 1 aliphatic rings. The number of fused-ring (bicyclic) bond motifs is 1. The molecule has 0 unspecified atom stereocenters. The Balaban J connectivity index is 1.71. The summed E-state index contributed by atoms with van der Waals surface area (Å²) in [6.07, 6.45) is 7.13. The summed E-state index contributed by atoms with van der Waals surface area (Å²) in [7, 11) is 0. The summed E-state index contributed by atoms with van der Waals surface area (Å²) in [5.41, 5.74) is 3.95. The van der Waals surface area contributed by atoms with Gasteiger partial charge < -0.3 is 9.88 Å². The summed E-state index contributed by atoms with van der Waals surface area (Å²) in [6, 6.07) is 15.8. The predicted molar refractivity (Wildman–Crippen MR) is 131 cm³/mol. The number of carbonyl (C=O) groups is 1. The molecule has 1 saturated carbocycles. The molecule has 0 aliphatic heterocycles. The summed E-state index contributed by atoms with van der Waals surface area (Å²) >= 11 is 12.5. The number of rotatable bonds is 5. The van der Waals surface area contributed by atoms with Crippen molar-refractivity contribution in [1.29, 1.82) is 5.26 Å². The first-order chi connectivity index (χ1) is 15.5. The van der Waals surface area contributed by atoms with Crippen molar-refractivity contribution < 1.29 is 4.79 Å². The Morgan fingerprint density at radius 3 is 2.66 bits per heavy atom. The number of nitrogens with one attached hydrogen (secondary N) is 1. The van der Waals surface area contributed by atoms with E-state index in [0.29, 0.717) is 16.6 Å². The fourth-order valence-electron chi connectivity index (χ4n) is 4.47. The predicted octanol–water partition coefficient (Wildman–Crippen LogP) is 6.66. The van der Waals surface area contributed by atoms with E-state index < -0.39 is 0 Å². The molecule has 1 N–H and O–H groups in total. The maximum absolute atomic E-state index is 12.8. The van der Waals surface area contributed by atoms with Crippen LogP contribution in [0.1, 0.15) is 48.9 Å². The molecule has 0 atom stereocenters. The van der Waals surface area contributed by atoms with E-state index in [2.05, 4.69) is 16.0 Å². The minimum atomic E-state index is -0.295. The minimum absolute atomic E-state index is 0.131. The van der Waals surface area contributed by atoms with Gasteiger partial charge in [0.15, 0.2) is 0 Å². The Bertz CT molecular complexity index is 1230. The highest BCUT2D eigenvalue weighted by Gasteiger charge is 2.20. The molecule has 1 aromatic heterocycles. The van der Waals surface area contributed by atoms with Crippen LogP contribution in [0.2, 0.25) is 10.0 Å². The van der Waals surface area contributed by atoms with Crippen LogP contribution in [0.5, 0.6) is 0 Å². The van der Waals surface area contributed by atoms with E-state index in [4.69, 9.17) is 23.2 Å². The number of nitriles is 1. The van der Waals surface area contributed by atoms with Crippen molar-refractivity contribution in [2.75, 3.05) is 0 Å². The van der Waals surface area contributed by atoms with Gasteiger partial charge in [-0.1, -0.05) is 66.7 Å². The summed E-state index contributed by atoms with van der Waals surface area (Å²) in [4.78, 5) is 12.8. The summed E-state index contributed by atoms with van der Waals surface area (Å²) in [6.45, 7) is 2.57. The molecule has 0 saturated heterocycles. The van der Waals surface area contributed by atoms with Crippen LogP contribution in [0.3, 0.4) is 0 Å². The number of aromatic nitrogens is 1. The fraction of sp³-hybridized carbons (Fsp3) is 0.308. The van der Waals surface area contributed by atoms with E-state index in [1.54, 1.807) is 12.1 Å². The Labute approximate surface area is 198 Å². The SMILES string of the molecule is Cc1c(/C=C(\C#N)C(=O)NC2CCCCC2)c2ccccc2n1Cc1ccc(Cl)cc1Cl. The first kappa shape index (κ1) is 22.5. The second-order valence-corrected chi connectivity index (χ2v) is 9.16. The van der Waals surface area contributed by atoms with Crippen LogP contribution in [0.4, 0.5) is 0 Å². The summed E-state index contributed by atoms with van der Waals surface area (Å²) in [5.74, 6) is -0.295. The lowest BCUT2D eigenvalue weighted by Gasteiger charge is -2.22. The molecular formula is C26H25Cl2N3O. The van der Waals surface area contributed by atoms with Crippen molar-refractivity contribution in [3.63, 3.8) is 0 Å². The van der Waals surface area contributed by atoms with Gasteiger partial charge in [-0.05, 0) is 49.6 Å². The standard InChI is InChI=1S/C26H25Cl2N3O/c1-17-23(13-19(15-29)26(32)30-21-7-3-2-4-8-21)22-9-5-6-10-25(22)31(17)16-18-11-12-20(27)14-24(18)28/h5-6,9-14,21H,2-4,7-8,16H2,1H3,(H,30,32)/b19-13+. The average molecular weight is 466 g/mol. The molecule has 32 heavy (non-hydrogen) atoms. The number of nitrogens with zero attached hydrogens (tertiary/aromatic N) is 2. The van der Waals surface area contributed by atoms with Crippen LogP contribution in [0.15, 0.2) is 48.0 Å². The topological polar surface area (TPSA) is 57.8 Å². The molecule has 1 fully saturated rings. The van der Waals surface area contributed by atoms with E-state index in [1.165, 1.54) is 6.42 Å². The zero-order valence-electron chi connectivity index (χ0n) is 18.0. The largest absolute Gasteiger partial charge is 0.349 e. The summed E-state index contributed by atoms with van der Waals surface area (Å²) < 4.78 is 2.16. The zero-order chi connectivity index (χ0) is 22.7. The molecule has 4 nitrogen and oxygen atoms in total. The van der Waals surface area contributed by atoms with Crippen LogP contribution in [-0.4, -0.2) is 16.5 Å². The van der Waals surface area contributed by atoms with E-state index in [1.807, 2.05) is 43.3 Å². The molecule has 4 rings (SSSR count). The molecule has 164 valence electrons. The van der Waals surface area contributed by atoms with E-state index >= 15 is 0 Å². The smallest absolute Gasteiger partial charge is 0.262 e. The average Bonchev–Trinajstić information content (AvgIpc) is 3.05. The highest BCUT2D eigenvalue weighted by Crippen LogP contribution is 2.30. The van der Waals surface area contributed by atoms with E-state index in [9.17, 15) is 10.1 Å². The summed E-state index contributed by atoms with van der Waals surface area (Å²) in [5, 5.41) is 15.0. The number of hydrogen-bond donors (Lipinski definition) is 1. The Morgan fingerprint density at radius 2 is 1.94 bits per heavy atom. The zero-order valence-corrected chi connectivity index (χ0v) is 19.5. The Morgan fingerprint density at radius 1 is 1.19 bits per heavy atom. The van der Waals surface area contributed by atoms with Crippen molar-refractivity contribution in [2.45, 2.75) is 51.6 Å². The molecule has 1 heterocycles.